The van der Waals surface area contributed by atoms with Gasteiger partial charge in [0.25, 0.3) is 5.91 Å². The van der Waals surface area contributed by atoms with Crippen molar-refractivity contribution in [1.29, 1.82) is 0 Å². The lowest BCUT2D eigenvalue weighted by molar-refractivity contribution is 0.0788. The zero-order valence-electron chi connectivity index (χ0n) is 8.91. The topological polar surface area (TPSA) is 33.2 Å². The quantitative estimate of drug-likeness (QED) is 0.747. The van der Waals surface area contributed by atoms with Crippen LogP contribution >= 0.6 is 27.5 Å². The van der Waals surface area contributed by atoms with Crippen molar-refractivity contribution in [3.05, 3.63) is 27.5 Å². The van der Waals surface area contributed by atoms with Gasteiger partial charge in [-0.1, -0.05) is 18.5 Å². The van der Waals surface area contributed by atoms with Gasteiger partial charge in [-0.2, -0.15) is 0 Å². The molecule has 2 rings (SSSR count). The van der Waals surface area contributed by atoms with Gasteiger partial charge in [0, 0.05) is 23.8 Å². The molecule has 1 aromatic rings. The predicted molar refractivity (Wildman–Crippen MR) is 66.6 cm³/mol. The van der Waals surface area contributed by atoms with Gasteiger partial charge in [0.15, 0.2) is 0 Å². The summed E-state index contributed by atoms with van der Waals surface area (Å²) in [4.78, 5) is 17.9. The molecule has 16 heavy (non-hydrogen) atoms. The molecular formula is C11H12BrClN2O. The fraction of sp³-hybridized carbons (Fsp3) is 0.455. The van der Waals surface area contributed by atoms with Gasteiger partial charge in [-0.05, 0) is 34.3 Å². The van der Waals surface area contributed by atoms with E-state index in [1.807, 2.05) is 4.90 Å². The third-order valence-electron chi connectivity index (χ3n) is 2.75. The van der Waals surface area contributed by atoms with Crippen molar-refractivity contribution >= 4 is 33.4 Å². The minimum absolute atomic E-state index is 0.0249. The molecule has 0 bridgehead atoms. The molecule has 86 valence electrons. The van der Waals surface area contributed by atoms with Gasteiger partial charge < -0.3 is 4.90 Å². The van der Waals surface area contributed by atoms with Crippen LogP contribution < -0.4 is 0 Å². The van der Waals surface area contributed by atoms with E-state index in [-0.39, 0.29) is 11.1 Å². The number of hydrogen-bond acceptors (Lipinski definition) is 2. The number of halogens is 2. The van der Waals surface area contributed by atoms with E-state index >= 15 is 0 Å². The van der Waals surface area contributed by atoms with Crippen LogP contribution in [0.4, 0.5) is 0 Å². The maximum Gasteiger partial charge on any atom is 0.257 e. The minimum Gasteiger partial charge on any atom is -0.338 e. The van der Waals surface area contributed by atoms with Crippen LogP contribution in [0.25, 0.3) is 0 Å². The van der Waals surface area contributed by atoms with Crippen molar-refractivity contribution in [1.82, 2.24) is 9.88 Å². The van der Waals surface area contributed by atoms with Crippen LogP contribution in [0.2, 0.25) is 5.15 Å². The summed E-state index contributed by atoms with van der Waals surface area (Å²) in [5.41, 5.74) is 0.477. The Labute approximate surface area is 108 Å². The zero-order chi connectivity index (χ0) is 11.7. The molecule has 0 aromatic carbocycles. The second kappa shape index (κ2) is 4.72. The minimum atomic E-state index is -0.0249. The highest BCUT2D eigenvalue weighted by molar-refractivity contribution is 9.10. The molecule has 3 nitrogen and oxygen atoms in total. The molecule has 1 fully saturated rings. The van der Waals surface area contributed by atoms with Crippen molar-refractivity contribution < 1.29 is 4.79 Å². The fourth-order valence-electron chi connectivity index (χ4n) is 1.86. The van der Waals surface area contributed by atoms with Crippen molar-refractivity contribution in [2.75, 3.05) is 13.1 Å². The number of hydrogen-bond donors (Lipinski definition) is 0. The first-order valence-corrected chi connectivity index (χ1v) is 6.35. The van der Waals surface area contributed by atoms with Crippen molar-refractivity contribution in [2.24, 2.45) is 5.92 Å². The molecule has 1 unspecified atom stereocenters. The summed E-state index contributed by atoms with van der Waals surface area (Å²) in [6.45, 7) is 3.76. The lowest BCUT2D eigenvalue weighted by Gasteiger charge is -2.16. The number of amides is 1. The van der Waals surface area contributed by atoms with Crippen LogP contribution in [0.15, 0.2) is 16.7 Å². The van der Waals surface area contributed by atoms with Gasteiger partial charge >= 0.3 is 0 Å². The Morgan fingerprint density at radius 3 is 3.06 bits per heavy atom. The third kappa shape index (κ3) is 2.38. The van der Waals surface area contributed by atoms with Crippen LogP contribution in [-0.4, -0.2) is 28.9 Å². The molecule has 0 saturated carbocycles. The molecule has 1 atom stereocenters. The number of nitrogens with zero attached hydrogens (tertiary/aromatic N) is 2. The van der Waals surface area contributed by atoms with Crippen LogP contribution in [0.5, 0.6) is 0 Å². The summed E-state index contributed by atoms with van der Waals surface area (Å²) in [7, 11) is 0. The first-order valence-electron chi connectivity index (χ1n) is 5.18. The third-order valence-corrected chi connectivity index (χ3v) is 3.48. The number of rotatable bonds is 1. The normalized spacial score (nSPS) is 20.2. The van der Waals surface area contributed by atoms with Gasteiger partial charge in [0.1, 0.15) is 5.15 Å². The lowest BCUT2D eigenvalue weighted by Crippen LogP contribution is -2.28. The molecule has 2 heterocycles. The lowest BCUT2D eigenvalue weighted by atomic mass is 10.2. The predicted octanol–water partition coefficient (Wildman–Crippen LogP) is 2.98. The standard InChI is InChI=1S/C11H12BrClN2O/c1-7-2-3-15(6-7)11(16)9-4-8(12)5-14-10(9)13/h4-5,7H,2-3,6H2,1H3. The van der Waals surface area contributed by atoms with Crippen LogP contribution in [0, 0.1) is 5.92 Å². The van der Waals surface area contributed by atoms with Gasteiger partial charge in [-0.3, -0.25) is 4.79 Å². The molecule has 0 radical (unpaired) electrons. The van der Waals surface area contributed by atoms with Gasteiger partial charge in [0.2, 0.25) is 0 Å². The monoisotopic (exact) mass is 302 g/mol. The highest BCUT2D eigenvalue weighted by atomic mass is 79.9. The zero-order valence-corrected chi connectivity index (χ0v) is 11.3. The largest absolute Gasteiger partial charge is 0.338 e. The Balaban J connectivity index is 2.23. The molecule has 1 aliphatic heterocycles. The Hall–Kier alpha value is -0.610. The van der Waals surface area contributed by atoms with E-state index in [2.05, 4.69) is 27.8 Å². The van der Waals surface area contributed by atoms with Crippen LogP contribution in [-0.2, 0) is 0 Å². The Morgan fingerprint density at radius 2 is 2.44 bits per heavy atom. The molecule has 1 aromatic heterocycles. The number of likely N-dealkylation sites (tertiary alicyclic amines) is 1. The first kappa shape index (κ1) is 11.9. The number of carbonyl (C=O) groups is 1. The van der Waals surface area contributed by atoms with Crippen LogP contribution in [0.1, 0.15) is 23.7 Å². The summed E-state index contributed by atoms with van der Waals surface area (Å²) >= 11 is 9.22. The summed E-state index contributed by atoms with van der Waals surface area (Å²) in [6, 6.07) is 1.72. The molecule has 1 amide bonds. The molecule has 5 heteroatoms. The number of carbonyl (C=O) groups excluding carboxylic acids is 1. The first-order chi connectivity index (χ1) is 7.58. The van der Waals surface area contributed by atoms with E-state index in [1.165, 1.54) is 0 Å². The van der Waals surface area contributed by atoms with E-state index in [1.54, 1.807) is 12.3 Å². The highest BCUT2D eigenvalue weighted by Gasteiger charge is 2.25. The Bertz CT molecular complexity index is 424. The average Bonchev–Trinajstić information content (AvgIpc) is 2.67. The molecular weight excluding hydrogens is 291 g/mol. The van der Waals surface area contributed by atoms with Gasteiger partial charge in [0.05, 0.1) is 5.56 Å². The van der Waals surface area contributed by atoms with Crippen molar-refractivity contribution in [3.8, 4) is 0 Å². The highest BCUT2D eigenvalue weighted by Crippen LogP contribution is 2.23. The second-order valence-corrected chi connectivity index (χ2v) is 5.41. The summed E-state index contributed by atoms with van der Waals surface area (Å²) in [5, 5.41) is 0.271. The van der Waals surface area contributed by atoms with E-state index in [9.17, 15) is 4.79 Å². The van der Waals surface area contributed by atoms with E-state index in [4.69, 9.17) is 11.6 Å². The summed E-state index contributed by atoms with van der Waals surface area (Å²) < 4.78 is 0.771. The van der Waals surface area contributed by atoms with Crippen molar-refractivity contribution in [2.45, 2.75) is 13.3 Å². The van der Waals surface area contributed by atoms with E-state index < -0.39 is 0 Å². The fourth-order valence-corrected chi connectivity index (χ4v) is 2.38. The molecule has 1 saturated heterocycles. The molecule has 1 aliphatic rings. The smallest absolute Gasteiger partial charge is 0.257 e. The summed E-state index contributed by atoms with van der Waals surface area (Å²) in [5.74, 6) is 0.547. The van der Waals surface area contributed by atoms with Gasteiger partial charge in [-0.15, -0.1) is 0 Å². The molecule has 0 N–H and O–H groups in total. The number of aromatic nitrogens is 1. The average molecular weight is 304 g/mol. The van der Waals surface area contributed by atoms with Crippen molar-refractivity contribution in [3.63, 3.8) is 0 Å². The SMILES string of the molecule is CC1CCN(C(=O)c2cc(Br)cnc2Cl)C1. The molecule has 0 spiro atoms. The van der Waals surface area contributed by atoms with Gasteiger partial charge in [-0.25, -0.2) is 4.98 Å². The second-order valence-electron chi connectivity index (χ2n) is 4.14. The maximum absolute atomic E-state index is 12.1. The number of pyridine rings is 1. The summed E-state index contributed by atoms with van der Waals surface area (Å²) in [6.07, 6.45) is 2.65. The Morgan fingerprint density at radius 1 is 1.69 bits per heavy atom. The van der Waals surface area contributed by atoms with E-state index in [0.29, 0.717) is 11.5 Å². The Kier molecular flexibility index (Phi) is 3.50. The van der Waals surface area contributed by atoms with E-state index in [0.717, 1.165) is 24.0 Å². The maximum atomic E-state index is 12.1. The van der Waals surface area contributed by atoms with Crippen LogP contribution in [0.3, 0.4) is 0 Å². The molecule has 0 aliphatic carbocycles.